The van der Waals surface area contributed by atoms with Crippen LogP contribution in [0.4, 0.5) is 0 Å². The number of ether oxygens (including phenoxy) is 1. The van der Waals surface area contributed by atoms with Gasteiger partial charge in [0.15, 0.2) is 0 Å². The van der Waals surface area contributed by atoms with Gasteiger partial charge in [0, 0.05) is 11.6 Å². The maximum atomic E-state index is 6.11. The number of furan rings is 1. The van der Waals surface area contributed by atoms with Crippen molar-refractivity contribution in [3.8, 4) is 5.75 Å². The zero-order chi connectivity index (χ0) is 14.8. The minimum Gasteiger partial charge on any atom is -0.487 e. The Bertz CT molecular complexity index is 635. The van der Waals surface area contributed by atoms with Gasteiger partial charge in [0.2, 0.25) is 0 Å². The van der Waals surface area contributed by atoms with Crippen molar-refractivity contribution in [3.63, 3.8) is 0 Å². The molecule has 0 bridgehead atoms. The summed E-state index contributed by atoms with van der Waals surface area (Å²) in [6.45, 7) is 3.13. The molecule has 1 N–H and O–H groups in total. The molecule has 0 spiro atoms. The smallest absolute Gasteiger partial charge is 0.139 e. The summed E-state index contributed by atoms with van der Waals surface area (Å²) in [6, 6.07) is 8.06. The Labute approximate surface area is 134 Å². The van der Waals surface area contributed by atoms with Gasteiger partial charge in [0.25, 0.3) is 0 Å². The Balaban J connectivity index is 1.62. The number of hydrogen-bond donors (Lipinski definition) is 1. The van der Waals surface area contributed by atoms with Crippen molar-refractivity contribution in [3.05, 3.63) is 51.4 Å². The van der Waals surface area contributed by atoms with Gasteiger partial charge in [-0.15, -0.1) is 0 Å². The van der Waals surface area contributed by atoms with Gasteiger partial charge < -0.3 is 14.5 Å². The number of benzene rings is 1. The van der Waals surface area contributed by atoms with Crippen molar-refractivity contribution in [2.45, 2.75) is 39.0 Å². The minimum atomic E-state index is 0.416. The van der Waals surface area contributed by atoms with E-state index in [0.29, 0.717) is 28.4 Å². The summed E-state index contributed by atoms with van der Waals surface area (Å²) in [7, 11) is 0. The van der Waals surface area contributed by atoms with Gasteiger partial charge in [0.05, 0.1) is 11.6 Å². The first-order chi connectivity index (χ1) is 10.1. The molecule has 1 aliphatic carbocycles. The third-order valence-corrected chi connectivity index (χ3v) is 4.31. The first kappa shape index (κ1) is 14.8. The summed E-state index contributed by atoms with van der Waals surface area (Å²) in [5.74, 6) is 2.40. The monoisotopic (exact) mass is 325 g/mol. The van der Waals surface area contributed by atoms with Crippen LogP contribution in [0.2, 0.25) is 10.0 Å². The van der Waals surface area contributed by atoms with Gasteiger partial charge in [-0.3, -0.25) is 0 Å². The standard InChI is InChI=1S/C16H17Cl2NO2/c1-10-11(7-13(21-10)8-19-12-5-6-12)9-20-15-4-2-3-14(17)16(15)18/h2-4,7,12,19H,5-6,8-9H2,1H3. The molecule has 1 aliphatic rings. The lowest BCUT2D eigenvalue weighted by Crippen LogP contribution is -2.14. The SMILES string of the molecule is Cc1oc(CNC2CC2)cc1COc1cccc(Cl)c1Cl. The molecule has 0 aliphatic heterocycles. The number of nitrogens with one attached hydrogen (secondary N) is 1. The average Bonchev–Trinajstić information content (AvgIpc) is 3.22. The molecule has 1 fully saturated rings. The normalized spacial score (nSPS) is 14.4. The number of aryl methyl sites for hydroxylation is 1. The highest BCUT2D eigenvalue weighted by atomic mass is 35.5. The molecule has 0 atom stereocenters. The fraction of sp³-hybridized carbons (Fsp3) is 0.375. The molecule has 3 rings (SSSR count). The maximum absolute atomic E-state index is 6.11. The van der Waals surface area contributed by atoms with Crippen LogP contribution in [0.25, 0.3) is 0 Å². The largest absolute Gasteiger partial charge is 0.487 e. The Morgan fingerprint density at radius 3 is 2.90 bits per heavy atom. The van der Waals surface area contributed by atoms with Gasteiger partial charge in [-0.05, 0) is 38.0 Å². The van der Waals surface area contributed by atoms with E-state index in [9.17, 15) is 0 Å². The third kappa shape index (κ3) is 3.73. The number of rotatable bonds is 6. The van der Waals surface area contributed by atoms with Crippen molar-refractivity contribution in [1.29, 1.82) is 0 Å². The van der Waals surface area contributed by atoms with Crippen molar-refractivity contribution in [2.75, 3.05) is 0 Å². The second kappa shape index (κ2) is 6.30. The Hall–Kier alpha value is -1.16. The quantitative estimate of drug-likeness (QED) is 0.834. The summed E-state index contributed by atoms with van der Waals surface area (Å²) in [6.07, 6.45) is 2.53. The van der Waals surface area contributed by atoms with Gasteiger partial charge in [-0.2, -0.15) is 0 Å². The second-order valence-electron chi connectivity index (χ2n) is 5.29. The Morgan fingerprint density at radius 2 is 2.14 bits per heavy atom. The topological polar surface area (TPSA) is 34.4 Å². The molecule has 0 unspecified atom stereocenters. The van der Waals surface area contributed by atoms with Gasteiger partial charge >= 0.3 is 0 Å². The van der Waals surface area contributed by atoms with Crippen LogP contribution in [-0.4, -0.2) is 6.04 Å². The highest BCUT2D eigenvalue weighted by Crippen LogP contribution is 2.32. The molecule has 1 heterocycles. The van der Waals surface area contributed by atoms with E-state index in [0.717, 1.165) is 23.6 Å². The first-order valence-corrected chi connectivity index (χ1v) is 7.77. The molecular weight excluding hydrogens is 309 g/mol. The highest BCUT2D eigenvalue weighted by molar-refractivity contribution is 6.42. The predicted octanol–water partition coefficient (Wildman–Crippen LogP) is 4.73. The van der Waals surface area contributed by atoms with Crippen LogP contribution >= 0.6 is 23.2 Å². The van der Waals surface area contributed by atoms with E-state index in [1.54, 1.807) is 12.1 Å². The lowest BCUT2D eigenvalue weighted by Gasteiger charge is -2.07. The summed E-state index contributed by atoms with van der Waals surface area (Å²) >= 11 is 12.1. The van der Waals surface area contributed by atoms with Crippen molar-refractivity contribution in [2.24, 2.45) is 0 Å². The van der Waals surface area contributed by atoms with E-state index in [2.05, 4.69) is 5.32 Å². The summed E-state index contributed by atoms with van der Waals surface area (Å²) < 4.78 is 11.5. The number of hydrogen-bond acceptors (Lipinski definition) is 3. The van der Waals surface area contributed by atoms with Gasteiger partial charge in [0.1, 0.15) is 28.9 Å². The number of halogens is 2. The van der Waals surface area contributed by atoms with E-state index in [4.69, 9.17) is 32.4 Å². The first-order valence-electron chi connectivity index (χ1n) is 7.02. The van der Waals surface area contributed by atoms with Crippen LogP contribution in [0.15, 0.2) is 28.7 Å². The van der Waals surface area contributed by atoms with E-state index in [-0.39, 0.29) is 0 Å². The lowest BCUT2D eigenvalue weighted by molar-refractivity contribution is 0.303. The maximum Gasteiger partial charge on any atom is 0.139 e. The average molecular weight is 326 g/mol. The molecule has 1 aromatic carbocycles. The molecule has 21 heavy (non-hydrogen) atoms. The molecule has 112 valence electrons. The Kier molecular flexibility index (Phi) is 4.43. The minimum absolute atomic E-state index is 0.416. The lowest BCUT2D eigenvalue weighted by atomic mass is 10.2. The van der Waals surface area contributed by atoms with Gasteiger partial charge in [-0.25, -0.2) is 0 Å². The molecular formula is C16H17Cl2NO2. The van der Waals surface area contributed by atoms with Crippen LogP contribution in [0.1, 0.15) is 29.9 Å². The van der Waals surface area contributed by atoms with Crippen LogP contribution in [-0.2, 0) is 13.2 Å². The van der Waals surface area contributed by atoms with Crippen LogP contribution in [0.3, 0.4) is 0 Å². The molecule has 3 nitrogen and oxygen atoms in total. The summed E-state index contributed by atoms with van der Waals surface area (Å²) in [5, 5.41) is 4.36. The molecule has 5 heteroatoms. The zero-order valence-corrected chi connectivity index (χ0v) is 13.3. The van der Waals surface area contributed by atoms with E-state index >= 15 is 0 Å². The van der Waals surface area contributed by atoms with Crippen molar-refractivity contribution >= 4 is 23.2 Å². The summed E-state index contributed by atoms with van der Waals surface area (Å²) in [4.78, 5) is 0. The molecule has 2 aromatic rings. The third-order valence-electron chi connectivity index (χ3n) is 3.51. The molecule has 0 saturated heterocycles. The van der Waals surface area contributed by atoms with E-state index in [1.807, 2.05) is 19.1 Å². The molecule has 1 saturated carbocycles. The highest BCUT2D eigenvalue weighted by Gasteiger charge is 2.21. The van der Waals surface area contributed by atoms with Crippen molar-refractivity contribution in [1.82, 2.24) is 5.32 Å². The molecule has 0 amide bonds. The van der Waals surface area contributed by atoms with Crippen LogP contribution in [0.5, 0.6) is 5.75 Å². The van der Waals surface area contributed by atoms with Crippen LogP contribution < -0.4 is 10.1 Å². The fourth-order valence-electron chi connectivity index (χ4n) is 2.10. The Morgan fingerprint density at radius 1 is 1.33 bits per heavy atom. The predicted molar refractivity (Wildman–Crippen MR) is 84.1 cm³/mol. The van der Waals surface area contributed by atoms with Crippen LogP contribution in [0, 0.1) is 6.92 Å². The van der Waals surface area contributed by atoms with E-state index < -0.39 is 0 Å². The summed E-state index contributed by atoms with van der Waals surface area (Å²) in [5.41, 5.74) is 1.03. The zero-order valence-electron chi connectivity index (χ0n) is 11.8. The molecule has 0 radical (unpaired) electrons. The molecule has 1 aromatic heterocycles. The fourth-order valence-corrected chi connectivity index (χ4v) is 2.45. The van der Waals surface area contributed by atoms with Gasteiger partial charge in [-0.1, -0.05) is 29.3 Å². The second-order valence-corrected chi connectivity index (χ2v) is 6.08. The van der Waals surface area contributed by atoms with E-state index in [1.165, 1.54) is 12.8 Å². The van der Waals surface area contributed by atoms with Crippen molar-refractivity contribution < 1.29 is 9.15 Å².